The Morgan fingerprint density at radius 2 is 1.56 bits per heavy atom. The monoisotopic (exact) mass is 454 g/mol. The van der Waals surface area contributed by atoms with Gasteiger partial charge in [0, 0.05) is 31.4 Å². The van der Waals surface area contributed by atoms with Crippen LogP contribution in [0.3, 0.4) is 0 Å². The zero-order valence-corrected chi connectivity index (χ0v) is 18.4. The van der Waals surface area contributed by atoms with Crippen molar-refractivity contribution in [2.75, 3.05) is 25.0 Å². The van der Waals surface area contributed by atoms with Gasteiger partial charge < -0.3 is 9.64 Å². The third kappa shape index (κ3) is 4.51. The van der Waals surface area contributed by atoms with Crippen LogP contribution in [0.2, 0.25) is 0 Å². The number of carbonyl (C=O) groups excluding carboxylic acids is 1. The third-order valence-electron chi connectivity index (χ3n) is 5.37. The van der Waals surface area contributed by atoms with Crippen LogP contribution in [0.4, 0.5) is 10.1 Å². The van der Waals surface area contributed by atoms with Crippen molar-refractivity contribution in [2.45, 2.75) is 17.7 Å². The average molecular weight is 455 g/mol. The zero-order chi connectivity index (χ0) is 22.7. The molecule has 8 heteroatoms. The Balaban J connectivity index is 1.54. The molecule has 166 valence electrons. The molecular formula is C24H23FN2O4S. The molecule has 0 atom stereocenters. The number of ether oxygens (including phenoxy) is 1. The van der Waals surface area contributed by atoms with Crippen molar-refractivity contribution in [3.63, 3.8) is 0 Å². The Labute approximate surface area is 186 Å². The molecule has 0 saturated carbocycles. The summed E-state index contributed by atoms with van der Waals surface area (Å²) >= 11 is 0. The highest BCUT2D eigenvalue weighted by molar-refractivity contribution is 7.89. The molecule has 3 aromatic carbocycles. The molecule has 6 nitrogen and oxygen atoms in total. The molecule has 1 aliphatic heterocycles. The second-order valence-corrected chi connectivity index (χ2v) is 9.44. The lowest BCUT2D eigenvalue weighted by Crippen LogP contribution is -2.30. The summed E-state index contributed by atoms with van der Waals surface area (Å²) in [6.45, 7) is 0.717. The van der Waals surface area contributed by atoms with Crippen molar-refractivity contribution in [2.24, 2.45) is 0 Å². The Morgan fingerprint density at radius 3 is 2.22 bits per heavy atom. The number of para-hydroxylation sites is 1. The number of sulfonamides is 1. The number of nitrogens with zero attached hydrogens (tertiary/aromatic N) is 2. The number of hydrogen-bond acceptors (Lipinski definition) is 4. The van der Waals surface area contributed by atoms with Crippen molar-refractivity contribution in [1.82, 2.24) is 4.31 Å². The van der Waals surface area contributed by atoms with Gasteiger partial charge in [-0.2, -0.15) is 4.31 Å². The molecule has 1 heterocycles. The van der Waals surface area contributed by atoms with Crippen LogP contribution in [-0.2, 0) is 10.0 Å². The quantitative estimate of drug-likeness (QED) is 0.543. The summed E-state index contributed by atoms with van der Waals surface area (Å²) in [6, 6.07) is 19.7. The van der Waals surface area contributed by atoms with Gasteiger partial charge in [-0.15, -0.1) is 0 Å². The number of amides is 1. The standard InChI is InChI=1S/C24H23FN2O4S/c1-26(19-10-12-21(13-11-19)31-20-7-3-2-4-8-20)24(28)18-9-14-22(25)23(17-18)32(29,30)27-15-5-6-16-27/h2-4,7-14,17H,5-6,15-16H2,1H3. The normalized spacial score (nSPS) is 14.3. The largest absolute Gasteiger partial charge is 0.457 e. The fourth-order valence-electron chi connectivity index (χ4n) is 3.57. The van der Waals surface area contributed by atoms with E-state index in [1.54, 1.807) is 31.3 Å². The highest BCUT2D eigenvalue weighted by Crippen LogP contribution is 2.27. The van der Waals surface area contributed by atoms with Gasteiger partial charge in [0.15, 0.2) is 0 Å². The number of halogens is 1. The molecule has 0 aromatic heterocycles. The molecule has 1 saturated heterocycles. The highest BCUT2D eigenvalue weighted by atomic mass is 32.2. The van der Waals surface area contributed by atoms with Crippen LogP contribution in [0.15, 0.2) is 77.7 Å². The van der Waals surface area contributed by atoms with Crippen LogP contribution >= 0.6 is 0 Å². The van der Waals surface area contributed by atoms with E-state index >= 15 is 0 Å². The minimum absolute atomic E-state index is 0.0938. The Kier molecular flexibility index (Phi) is 6.25. The van der Waals surface area contributed by atoms with Gasteiger partial charge in [0.1, 0.15) is 22.2 Å². The van der Waals surface area contributed by atoms with Crippen molar-refractivity contribution < 1.29 is 22.3 Å². The maximum atomic E-state index is 14.4. The van der Waals surface area contributed by atoms with Crippen LogP contribution < -0.4 is 9.64 Å². The van der Waals surface area contributed by atoms with E-state index < -0.39 is 26.6 Å². The average Bonchev–Trinajstić information content (AvgIpc) is 3.36. The van der Waals surface area contributed by atoms with E-state index in [0.717, 1.165) is 25.0 Å². The zero-order valence-electron chi connectivity index (χ0n) is 17.6. The molecule has 0 N–H and O–H groups in total. The van der Waals surface area contributed by atoms with Gasteiger partial charge in [-0.05, 0) is 67.4 Å². The van der Waals surface area contributed by atoms with Crippen molar-refractivity contribution in [1.29, 1.82) is 0 Å². The summed E-state index contributed by atoms with van der Waals surface area (Å²) in [5.74, 6) is 0.00225. The van der Waals surface area contributed by atoms with Gasteiger partial charge in [-0.3, -0.25) is 4.79 Å². The first-order valence-corrected chi connectivity index (χ1v) is 11.7. The van der Waals surface area contributed by atoms with E-state index in [-0.39, 0.29) is 5.56 Å². The summed E-state index contributed by atoms with van der Waals surface area (Å²) in [5.41, 5.74) is 0.681. The van der Waals surface area contributed by atoms with Gasteiger partial charge in [0.2, 0.25) is 10.0 Å². The second-order valence-electron chi connectivity index (χ2n) is 7.53. The van der Waals surface area contributed by atoms with E-state index in [4.69, 9.17) is 4.74 Å². The van der Waals surface area contributed by atoms with Gasteiger partial charge in [-0.25, -0.2) is 12.8 Å². The van der Waals surface area contributed by atoms with E-state index in [0.29, 0.717) is 30.3 Å². The second kappa shape index (κ2) is 9.10. The molecule has 1 aliphatic rings. The molecule has 1 fully saturated rings. The van der Waals surface area contributed by atoms with Gasteiger partial charge in [0.05, 0.1) is 0 Å². The van der Waals surface area contributed by atoms with Crippen molar-refractivity contribution in [3.05, 3.63) is 84.2 Å². The molecule has 0 aliphatic carbocycles. The molecule has 32 heavy (non-hydrogen) atoms. The van der Waals surface area contributed by atoms with Gasteiger partial charge in [0.25, 0.3) is 5.91 Å². The van der Waals surface area contributed by atoms with Gasteiger partial charge >= 0.3 is 0 Å². The molecule has 0 bridgehead atoms. The number of anilines is 1. The number of hydrogen-bond donors (Lipinski definition) is 0. The topological polar surface area (TPSA) is 66.9 Å². The lowest BCUT2D eigenvalue weighted by atomic mass is 10.2. The molecule has 4 rings (SSSR count). The fraction of sp³-hybridized carbons (Fsp3) is 0.208. The number of carbonyl (C=O) groups is 1. The Hall–Kier alpha value is -3.23. The number of rotatable bonds is 6. The maximum Gasteiger partial charge on any atom is 0.258 e. The molecule has 0 spiro atoms. The van der Waals surface area contributed by atoms with Crippen LogP contribution in [0.25, 0.3) is 0 Å². The van der Waals surface area contributed by atoms with E-state index in [2.05, 4.69) is 0 Å². The molecule has 0 unspecified atom stereocenters. The minimum atomic E-state index is -3.98. The first-order chi connectivity index (χ1) is 15.4. The summed E-state index contributed by atoms with van der Waals surface area (Å²) < 4.78 is 47.0. The van der Waals surface area contributed by atoms with E-state index in [9.17, 15) is 17.6 Å². The van der Waals surface area contributed by atoms with Crippen LogP contribution in [0, 0.1) is 5.82 Å². The molecular weight excluding hydrogens is 431 g/mol. The lowest BCUT2D eigenvalue weighted by molar-refractivity contribution is 0.0992. The Morgan fingerprint density at radius 1 is 0.938 bits per heavy atom. The van der Waals surface area contributed by atoms with E-state index in [1.807, 2.05) is 30.3 Å². The first-order valence-electron chi connectivity index (χ1n) is 10.3. The smallest absolute Gasteiger partial charge is 0.258 e. The maximum absolute atomic E-state index is 14.4. The fourth-order valence-corrected chi connectivity index (χ4v) is 5.18. The SMILES string of the molecule is CN(C(=O)c1ccc(F)c(S(=O)(=O)N2CCCC2)c1)c1ccc(Oc2ccccc2)cc1. The summed E-state index contributed by atoms with van der Waals surface area (Å²) in [6.07, 6.45) is 1.48. The van der Waals surface area contributed by atoms with Crippen LogP contribution in [0.1, 0.15) is 23.2 Å². The van der Waals surface area contributed by atoms with Crippen LogP contribution in [0.5, 0.6) is 11.5 Å². The number of benzene rings is 3. The molecule has 3 aromatic rings. The predicted molar refractivity (Wildman–Crippen MR) is 120 cm³/mol. The molecule has 1 amide bonds. The van der Waals surface area contributed by atoms with Crippen LogP contribution in [-0.4, -0.2) is 38.8 Å². The van der Waals surface area contributed by atoms with Crippen molar-refractivity contribution in [3.8, 4) is 11.5 Å². The summed E-state index contributed by atoms with van der Waals surface area (Å²) in [5, 5.41) is 0. The first kappa shape index (κ1) is 22.0. The molecule has 0 radical (unpaired) electrons. The summed E-state index contributed by atoms with van der Waals surface area (Å²) in [7, 11) is -2.40. The summed E-state index contributed by atoms with van der Waals surface area (Å²) in [4.78, 5) is 13.9. The minimum Gasteiger partial charge on any atom is -0.457 e. The predicted octanol–water partition coefficient (Wildman–Crippen LogP) is 4.68. The van der Waals surface area contributed by atoms with Gasteiger partial charge in [-0.1, -0.05) is 18.2 Å². The Bertz CT molecular complexity index is 1210. The van der Waals surface area contributed by atoms with Crippen molar-refractivity contribution >= 4 is 21.6 Å². The highest BCUT2D eigenvalue weighted by Gasteiger charge is 2.30. The van der Waals surface area contributed by atoms with E-state index in [1.165, 1.54) is 15.3 Å². The third-order valence-corrected chi connectivity index (χ3v) is 7.28. The lowest BCUT2D eigenvalue weighted by Gasteiger charge is -2.20.